The van der Waals surface area contributed by atoms with E-state index in [9.17, 15) is 4.21 Å². The lowest BCUT2D eigenvalue weighted by atomic mass is 10.2. The van der Waals surface area contributed by atoms with E-state index in [2.05, 4.69) is 5.32 Å². The molecule has 0 aromatic heterocycles. The van der Waals surface area contributed by atoms with Gasteiger partial charge >= 0.3 is 0 Å². The molecular formula is C10H19NO2S. The zero-order chi connectivity index (χ0) is 9.80. The van der Waals surface area contributed by atoms with Crippen molar-refractivity contribution in [1.29, 1.82) is 0 Å². The van der Waals surface area contributed by atoms with Gasteiger partial charge in [-0.25, -0.2) is 0 Å². The Balaban J connectivity index is 1.75. The summed E-state index contributed by atoms with van der Waals surface area (Å²) in [7, 11) is -0.639. The maximum Gasteiger partial charge on any atom is 0.0477 e. The zero-order valence-corrected chi connectivity index (χ0v) is 9.35. The average molecular weight is 217 g/mol. The molecule has 0 saturated carbocycles. The Kier molecular flexibility index (Phi) is 3.96. The van der Waals surface area contributed by atoms with Crippen LogP contribution in [0, 0.1) is 0 Å². The smallest absolute Gasteiger partial charge is 0.0477 e. The predicted molar refractivity (Wildman–Crippen MR) is 57.9 cm³/mol. The van der Waals surface area contributed by atoms with Gasteiger partial charge in [0.1, 0.15) is 0 Å². The number of hydrogen-bond acceptors (Lipinski definition) is 3. The Bertz CT molecular complexity index is 198. The fraction of sp³-hybridized carbons (Fsp3) is 1.00. The second kappa shape index (κ2) is 5.24. The molecule has 0 bridgehead atoms. The lowest BCUT2D eigenvalue weighted by Gasteiger charge is -2.22. The lowest BCUT2D eigenvalue weighted by molar-refractivity contribution is 0.0992. The van der Waals surface area contributed by atoms with Crippen LogP contribution in [0.5, 0.6) is 0 Å². The fourth-order valence-electron chi connectivity index (χ4n) is 2.17. The van der Waals surface area contributed by atoms with E-state index in [1.165, 1.54) is 12.8 Å². The Hall–Kier alpha value is 0.0700. The Labute approximate surface area is 88.0 Å². The maximum atomic E-state index is 12.0. The third-order valence-electron chi connectivity index (χ3n) is 3.07. The minimum absolute atomic E-state index is 0.395. The molecule has 2 saturated heterocycles. The maximum absolute atomic E-state index is 12.0. The van der Waals surface area contributed by atoms with Crippen LogP contribution in [0.3, 0.4) is 0 Å². The summed E-state index contributed by atoms with van der Waals surface area (Å²) in [4.78, 5) is 0. The number of rotatable bonds is 3. The monoisotopic (exact) mass is 217 g/mol. The molecule has 2 aliphatic heterocycles. The lowest BCUT2D eigenvalue weighted by Crippen LogP contribution is -2.34. The van der Waals surface area contributed by atoms with Crippen LogP contribution in [0.2, 0.25) is 0 Å². The minimum Gasteiger partial charge on any atom is -0.381 e. The van der Waals surface area contributed by atoms with E-state index in [0.29, 0.717) is 11.3 Å². The van der Waals surface area contributed by atoms with Gasteiger partial charge in [0.15, 0.2) is 0 Å². The Morgan fingerprint density at radius 2 is 2.07 bits per heavy atom. The molecule has 0 aliphatic carbocycles. The van der Waals surface area contributed by atoms with Crippen LogP contribution in [0.25, 0.3) is 0 Å². The molecule has 0 amide bonds. The van der Waals surface area contributed by atoms with Crippen molar-refractivity contribution in [1.82, 2.24) is 5.32 Å². The van der Waals surface area contributed by atoms with E-state index in [4.69, 9.17) is 4.74 Å². The highest BCUT2D eigenvalue weighted by atomic mass is 32.2. The van der Waals surface area contributed by atoms with Crippen LogP contribution in [0.15, 0.2) is 0 Å². The molecule has 14 heavy (non-hydrogen) atoms. The molecule has 2 rings (SSSR count). The molecule has 4 heteroatoms. The molecule has 0 aromatic carbocycles. The van der Waals surface area contributed by atoms with Crippen LogP contribution in [0.4, 0.5) is 0 Å². The topological polar surface area (TPSA) is 38.3 Å². The third-order valence-corrected chi connectivity index (χ3v) is 5.01. The zero-order valence-electron chi connectivity index (χ0n) is 8.54. The number of nitrogens with one attached hydrogen (secondary N) is 1. The van der Waals surface area contributed by atoms with Crippen molar-refractivity contribution in [3.63, 3.8) is 0 Å². The summed E-state index contributed by atoms with van der Waals surface area (Å²) in [6.45, 7) is 2.71. The molecule has 2 atom stereocenters. The molecule has 2 heterocycles. The number of hydrogen-bond donors (Lipinski definition) is 1. The SMILES string of the molecule is O=S(CC1CCCN1)C1CCOCC1. The van der Waals surface area contributed by atoms with Gasteiger partial charge in [-0.1, -0.05) is 0 Å². The van der Waals surface area contributed by atoms with Crippen molar-refractivity contribution >= 4 is 10.8 Å². The summed E-state index contributed by atoms with van der Waals surface area (Å²) in [5.74, 6) is 0.852. The summed E-state index contributed by atoms with van der Waals surface area (Å²) in [5.41, 5.74) is 0. The normalized spacial score (nSPS) is 31.9. The molecule has 0 radical (unpaired) electrons. The van der Waals surface area contributed by atoms with E-state index in [1.54, 1.807) is 0 Å². The van der Waals surface area contributed by atoms with Gasteiger partial charge in [-0.05, 0) is 32.2 Å². The molecule has 2 unspecified atom stereocenters. The molecule has 1 N–H and O–H groups in total. The van der Waals surface area contributed by atoms with E-state index < -0.39 is 10.8 Å². The van der Waals surface area contributed by atoms with Gasteiger partial charge < -0.3 is 10.1 Å². The van der Waals surface area contributed by atoms with Crippen molar-refractivity contribution in [2.75, 3.05) is 25.5 Å². The second-order valence-electron chi connectivity index (χ2n) is 4.15. The first-order valence-corrected chi connectivity index (χ1v) is 6.93. The van der Waals surface area contributed by atoms with Gasteiger partial charge in [-0.15, -0.1) is 0 Å². The first-order valence-electron chi connectivity index (χ1n) is 5.54. The summed E-state index contributed by atoms with van der Waals surface area (Å²) in [6, 6.07) is 0.513. The molecule has 3 nitrogen and oxygen atoms in total. The first-order chi connectivity index (χ1) is 6.86. The van der Waals surface area contributed by atoms with Crippen molar-refractivity contribution in [3.8, 4) is 0 Å². The van der Waals surface area contributed by atoms with Gasteiger partial charge in [0.05, 0.1) is 0 Å². The highest BCUT2D eigenvalue weighted by molar-refractivity contribution is 7.85. The molecule has 0 aromatic rings. The van der Waals surface area contributed by atoms with Gasteiger partial charge in [-0.2, -0.15) is 0 Å². The summed E-state index contributed by atoms with van der Waals surface area (Å²) in [5, 5.41) is 3.80. The quantitative estimate of drug-likeness (QED) is 0.755. The Morgan fingerprint density at radius 1 is 1.29 bits per heavy atom. The van der Waals surface area contributed by atoms with Crippen molar-refractivity contribution < 1.29 is 8.95 Å². The van der Waals surface area contributed by atoms with E-state index in [0.717, 1.165) is 38.4 Å². The summed E-state index contributed by atoms with van der Waals surface area (Å²) >= 11 is 0. The highest BCUT2D eigenvalue weighted by Gasteiger charge is 2.24. The van der Waals surface area contributed by atoms with Gasteiger partial charge in [-0.3, -0.25) is 4.21 Å². The highest BCUT2D eigenvalue weighted by Crippen LogP contribution is 2.16. The average Bonchev–Trinajstić information content (AvgIpc) is 2.72. The van der Waals surface area contributed by atoms with Crippen LogP contribution in [-0.2, 0) is 15.5 Å². The van der Waals surface area contributed by atoms with Crippen LogP contribution in [0.1, 0.15) is 25.7 Å². The van der Waals surface area contributed by atoms with Gasteiger partial charge in [0, 0.05) is 41.1 Å². The largest absolute Gasteiger partial charge is 0.381 e. The molecule has 2 fully saturated rings. The number of ether oxygens (including phenoxy) is 1. The molecule has 2 aliphatic rings. The van der Waals surface area contributed by atoms with E-state index in [1.807, 2.05) is 0 Å². The molecule has 0 spiro atoms. The van der Waals surface area contributed by atoms with E-state index >= 15 is 0 Å². The minimum atomic E-state index is -0.639. The van der Waals surface area contributed by atoms with Crippen LogP contribution >= 0.6 is 0 Å². The van der Waals surface area contributed by atoms with Gasteiger partial charge in [0.2, 0.25) is 0 Å². The third kappa shape index (κ3) is 2.78. The molecule has 82 valence electrons. The first kappa shape index (κ1) is 10.6. The summed E-state index contributed by atoms with van der Waals surface area (Å²) < 4.78 is 17.2. The second-order valence-corrected chi connectivity index (χ2v) is 5.91. The standard InChI is InChI=1S/C10H19NO2S/c12-14(8-9-2-1-5-11-9)10-3-6-13-7-4-10/h9-11H,1-8H2. The van der Waals surface area contributed by atoms with Gasteiger partial charge in [0.25, 0.3) is 0 Å². The van der Waals surface area contributed by atoms with Crippen molar-refractivity contribution in [2.24, 2.45) is 0 Å². The predicted octanol–water partition coefficient (Wildman–Crippen LogP) is 0.666. The Morgan fingerprint density at radius 3 is 2.71 bits per heavy atom. The van der Waals surface area contributed by atoms with Crippen LogP contribution in [-0.4, -0.2) is 41.0 Å². The van der Waals surface area contributed by atoms with Crippen molar-refractivity contribution in [3.05, 3.63) is 0 Å². The molecular weight excluding hydrogens is 198 g/mol. The fourth-order valence-corrected chi connectivity index (χ4v) is 3.84. The van der Waals surface area contributed by atoms with E-state index in [-0.39, 0.29) is 0 Å². The summed E-state index contributed by atoms with van der Waals surface area (Å²) in [6.07, 6.45) is 4.42. The van der Waals surface area contributed by atoms with Crippen LogP contribution < -0.4 is 5.32 Å². The van der Waals surface area contributed by atoms with Crippen molar-refractivity contribution in [2.45, 2.75) is 37.0 Å².